The number of ketones is 1. The third-order valence-electron chi connectivity index (χ3n) is 2.34. The zero-order valence-electron chi connectivity index (χ0n) is 11.0. The topological polar surface area (TPSA) is 85.6 Å². The number of rotatable bonds is 5. The van der Waals surface area contributed by atoms with Crippen molar-refractivity contribution in [3.63, 3.8) is 0 Å². The maximum atomic E-state index is 11.8. The van der Waals surface area contributed by atoms with Gasteiger partial charge in [-0.15, -0.1) is 0 Å². The predicted molar refractivity (Wildman–Crippen MR) is 66.9 cm³/mol. The van der Waals surface area contributed by atoms with Crippen LogP contribution < -0.4 is 5.32 Å². The molecule has 0 spiro atoms. The van der Waals surface area contributed by atoms with Crippen LogP contribution in [-0.2, 0) is 9.53 Å². The van der Waals surface area contributed by atoms with Gasteiger partial charge in [0.05, 0.1) is 12.7 Å². The van der Waals surface area contributed by atoms with Crippen molar-refractivity contribution < 1.29 is 23.5 Å². The lowest BCUT2D eigenvalue weighted by Gasteiger charge is -1.99. The molecule has 19 heavy (non-hydrogen) atoms. The van der Waals surface area contributed by atoms with Crippen LogP contribution in [0.15, 0.2) is 22.6 Å². The molecule has 0 bridgehead atoms. The molecule has 0 fully saturated rings. The molecule has 1 N–H and O–H groups in total. The van der Waals surface area contributed by atoms with Gasteiger partial charge in [-0.05, 0) is 6.92 Å². The molecule has 0 aromatic carbocycles. The van der Waals surface area contributed by atoms with Gasteiger partial charge in [-0.3, -0.25) is 9.59 Å². The minimum atomic E-state index is -0.493. The van der Waals surface area contributed by atoms with Gasteiger partial charge < -0.3 is 14.5 Å². The van der Waals surface area contributed by atoms with Crippen LogP contribution in [-0.4, -0.2) is 31.3 Å². The number of aryl methyl sites for hydroxylation is 1. The molecule has 1 heterocycles. The van der Waals surface area contributed by atoms with E-state index in [1.807, 2.05) is 0 Å². The average molecular weight is 265 g/mol. The van der Waals surface area contributed by atoms with Gasteiger partial charge in [0, 0.05) is 25.6 Å². The van der Waals surface area contributed by atoms with E-state index >= 15 is 0 Å². The highest BCUT2D eigenvalue weighted by Gasteiger charge is 2.16. The van der Waals surface area contributed by atoms with Gasteiger partial charge in [-0.2, -0.15) is 0 Å². The van der Waals surface area contributed by atoms with E-state index in [1.54, 1.807) is 6.92 Å². The predicted octanol–water partition coefficient (Wildman–Crippen LogP) is 1.25. The summed E-state index contributed by atoms with van der Waals surface area (Å²) in [7, 11) is 1.27. The standard InChI is InChI=1S/C13H15NO5/c1-8(15)11-7-10(9(2)19-11)13(17)14-6-4-5-12(16)18-3/h4-5,7H,6H2,1-3H3,(H,14,17)/b5-4+. The minimum absolute atomic E-state index is 0.146. The highest BCUT2D eigenvalue weighted by atomic mass is 16.5. The zero-order chi connectivity index (χ0) is 14.4. The first-order chi connectivity index (χ1) is 8.95. The van der Waals surface area contributed by atoms with E-state index in [1.165, 1.54) is 32.3 Å². The molecule has 0 radical (unpaired) electrons. The number of amides is 1. The average Bonchev–Trinajstić information content (AvgIpc) is 2.76. The molecule has 6 heteroatoms. The monoisotopic (exact) mass is 265 g/mol. The fourth-order valence-corrected chi connectivity index (χ4v) is 1.35. The quantitative estimate of drug-likeness (QED) is 0.492. The summed E-state index contributed by atoms with van der Waals surface area (Å²) in [4.78, 5) is 33.7. The van der Waals surface area contributed by atoms with Crippen molar-refractivity contribution in [1.29, 1.82) is 0 Å². The molecule has 102 valence electrons. The summed E-state index contributed by atoms with van der Waals surface area (Å²) in [5.74, 6) is -0.587. The summed E-state index contributed by atoms with van der Waals surface area (Å²) in [6, 6.07) is 1.40. The van der Waals surface area contributed by atoms with Crippen molar-refractivity contribution in [2.45, 2.75) is 13.8 Å². The molecule has 0 aliphatic heterocycles. The Kier molecular flexibility index (Phi) is 5.05. The molecule has 0 aliphatic rings. The molecule has 1 amide bonds. The Labute approximate surface area is 110 Å². The molecule has 6 nitrogen and oxygen atoms in total. The summed E-state index contributed by atoms with van der Waals surface area (Å²) in [5.41, 5.74) is 0.302. The van der Waals surface area contributed by atoms with Crippen LogP contribution in [0.4, 0.5) is 0 Å². The fourth-order valence-electron chi connectivity index (χ4n) is 1.35. The number of methoxy groups -OCH3 is 1. The molecule has 0 saturated heterocycles. The van der Waals surface area contributed by atoms with E-state index in [-0.39, 0.29) is 24.0 Å². The number of hydrogen-bond acceptors (Lipinski definition) is 5. The second-order valence-corrected chi connectivity index (χ2v) is 3.77. The second-order valence-electron chi connectivity index (χ2n) is 3.77. The maximum Gasteiger partial charge on any atom is 0.330 e. The van der Waals surface area contributed by atoms with Crippen molar-refractivity contribution in [3.8, 4) is 0 Å². The molecule has 0 atom stereocenters. The highest BCUT2D eigenvalue weighted by Crippen LogP contribution is 2.14. The Hall–Kier alpha value is -2.37. The molecular weight excluding hydrogens is 250 g/mol. The Morgan fingerprint density at radius 2 is 2.11 bits per heavy atom. The number of carbonyl (C=O) groups is 3. The fraction of sp³-hybridized carbons (Fsp3) is 0.308. The van der Waals surface area contributed by atoms with Crippen LogP contribution in [0.2, 0.25) is 0 Å². The lowest BCUT2D eigenvalue weighted by Crippen LogP contribution is -2.23. The number of hydrogen-bond donors (Lipinski definition) is 1. The van der Waals surface area contributed by atoms with Gasteiger partial charge in [0.25, 0.3) is 5.91 Å². The molecule has 1 rings (SSSR count). The van der Waals surface area contributed by atoms with Crippen LogP contribution in [0, 0.1) is 6.92 Å². The number of nitrogens with one attached hydrogen (secondary N) is 1. The third-order valence-corrected chi connectivity index (χ3v) is 2.34. The molecule has 1 aromatic rings. The van der Waals surface area contributed by atoms with E-state index in [0.29, 0.717) is 11.3 Å². The lowest BCUT2D eigenvalue weighted by atomic mass is 10.2. The van der Waals surface area contributed by atoms with E-state index in [4.69, 9.17) is 4.42 Å². The first-order valence-electron chi connectivity index (χ1n) is 5.59. The van der Waals surface area contributed by atoms with Gasteiger partial charge in [-0.1, -0.05) is 6.08 Å². The second kappa shape index (κ2) is 6.53. The smallest absolute Gasteiger partial charge is 0.330 e. The molecule has 1 aromatic heterocycles. The van der Waals surface area contributed by atoms with Gasteiger partial charge in [0.1, 0.15) is 5.76 Å². The van der Waals surface area contributed by atoms with Gasteiger partial charge in [0.2, 0.25) is 0 Å². The molecule has 0 unspecified atom stereocenters. The summed E-state index contributed by atoms with van der Waals surface area (Å²) in [6.07, 6.45) is 2.68. The van der Waals surface area contributed by atoms with Crippen molar-refractivity contribution in [1.82, 2.24) is 5.32 Å². The van der Waals surface area contributed by atoms with E-state index in [2.05, 4.69) is 10.1 Å². The van der Waals surface area contributed by atoms with E-state index < -0.39 is 5.97 Å². The Morgan fingerprint density at radius 1 is 1.42 bits per heavy atom. The maximum absolute atomic E-state index is 11.8. The molecule has 0 aliphatic carbocycles. The van der Waals surface area contributed by atoms with Gasteiger partial charge in [0.15, 0.2) is 11.5 Å². The van der Waals surface area contributed by atoms with Gasteiger partial charge in [-0.25, -0.2) is 4.79 Å². The third kappa shape index (κ3) is 4.09. The largest absolute Gasteiger partial charge is 0.466 e. The van der Waals surface area contributed by atoms with Gasteiger partial charge >= 0.3 is 5.97 Å². The Bertz CT molecular complexity index is 527. The number of carbonyl (C=O) groups excluding carboxylic acids is 3. The minimum Gasteiger partial charge on any atom is -0.466 e. The van der Waals surface area contributed by atoms with Crippen molar-refractivity contribution in [3.05, 3.63) is 35.3 Å². The first kappa shape index (κ1) is 14.7. The number of furan rings is 1. The summed E-state index contributed by atoms with van der Waals surface area (Å²) >= 11 is 0. The van der Waals surface area contributed by atoms with E-state index in [9.17, 15) is 14.4 Å². The molecule has 0 saturated carbocycles. The van der Waals surface area contributed by atoms with Crippen LogP contribution in [0.3, 0.4) is 0 Å². The van der Waals surface area contributed by atoms with Crippen molar-refractivity contribution in [2.75, 3.05) is 13.7 Å². The SMILES string of the molecule is COC(=O)/C=C/CNC(=O)c1cc(C(C)=O)oc1C. The van der Waals surface area contributed by atoms with Crippen LogP contribution >= 0.6 is 0 Å². The van der Waals surface area contributed by atoms with Crippen molar-refractivity contribution in [2.24, 2.45) is 0 Å². The summed E-state index contributed by atoms with van der Waals surface area (Å²) in [5, 5.41) is 2.57. The molecular formula is C13H15NO5. The van der Waals surface area contributed by atoms with E-state index in [0.717, 1.165) is 0 Å². The zero-order valence-corrected chi connectivity index (χ0v) is 11.0. The normalized spacial score (nSPS) is 10.5. The summed E-state index contributed by atoms with van der Waals surface area (Å²) in [6.45, 7) is 3.14. The lowest BCUT2D eigenvalue weighted by molar-refractivity contribution is -0.134. The number of ether oxygens (including phenoxy) is 1. The van der Waals surface area contributed by atoms with Crippen molar-refractivity contribution >= 4 is 17.7 Å². The Balaban J connectivity index is 2.61. The van der Waals surface area contributed by atoms with Crippen LogP contribution in [0.1, 0.15) is 33.6 Å². The first-order valence-corrected chi connectivity index (χ1v) is 5.59. The van der Waals surface area contributed by atoms with Crippen LogP contribution in [0.5, 0.6) is 0 Å². The highest BCUT2D eigenvalue weighted by molar-refractivity contribution is 5.99. The number of Topliss-reactive ketones (excluding diaryl/α,β-unsaturated/α-hetero) is 1. The Morgan fingerprint density at radius 3 is 2.63 bits per heavy atom. The van der Waals surface area contributed by atoms with Crippen LogP contribution in [0.25, 0.3) is 0 Å². The number of esters is 1. The summed E-state index contributed by atoms with van der Waals surface area (Å²) < 4.78 is 9.56.